The van der Waals surface area contributed by atoms with Gasteiger partial charge in [0.15, 0.2) is 6.61 Å². The lowest BCUT2D eigenvalue weighted by Crippen LogP contribution is -2.82. The Kier molecular flexibility index (Phi) is 9.27. The molecule has 2 heterocycles. The molecule has 5 N–H and O–H groups in total. The predicted octanol–water partition coefficient (Wildman–Crippen LogP) is 4.03. The van der Waals surface area contributed by atoms with E-state index in [2.05, 4.69) is 61.0 Å². The second-order valence-electron chi connectivity index (χ2n) is 11.4. The van der Waals surface area contributed by atoms with Gasteiger partial charge in [-0.1, -0.05) is 69.2 Å². The van der Waals surface area contributed by atoms with Crippen LogP contribution < -0.4 is 15.8 Å². The third-order valence-corrected chi connectivity index (χ3v) is 9.22. The molecular formula is C31H44F3N3O2+2. The molecular weight excluding hydrogens is 503 g/mol. The van der Waals surface area contributed by atoms with Gasteiger partial charge in [0.25, 0.3) is 0 Å². The molecule has 2 aromatic carbocycles. The van der Waals surface area contributed by atoms with Crippen molar-refractivity contribution in [3.63, 3.8) is 0 Å². The fourth-order valence-electron chi connectivity index (χ4n) is 7.06. The number of quaternary nitrogens is 2. The fourth-order valence-corrected chi connectivity index (χ4v) is 7.06. The lowest BCUT2D eigenvalue weighted by atomic mass is 9.70. The van der Waals surface area contributed by atoms with Crippen molar-refractivity contribution in [1.29, 1.82) is 0 Å². The average Bonchev–Trinajstić information content (AvgIpc) is 3.34. The summed E-state index contributed by atoms with van der Waals surface area (Å²) in [5.74, 6) is 0.962. The second-order valence-corrected chi connectivity index (χ2v) is 11.4. The topological polar surface area (TPSA) is 73.8 Å². The Morgan fingerprint density at radius 2 is 1.87 bits per heavy atom. The maximum absolute atomic E-state index is 14.4. The number of alkyl halides is 3. The molecule has 2 fully saturated rings. The van der Waals surface area contributed by atoms with Crippen LogP contribution in [0.5, 0.6) is 5.75 Å². The van der Waals surface area contributed by atoms with Crippen molar-refractivity contribution in [2.24, 2.45) is 11.8 Å². The molecule has 0 radical (unpaired) electrons. The Balaban J connectivity index is 1.63. The zero-order valence-electron chi connectivity index (χ0n) is 23.5. The number of amides is 1. The summed E-state index contributed by atoms with van der Waals surface area (Å²) in [4.78, 5) is 16.6. The number of hydrogen-bond acceptors (Lipinski definition) is 2. The number of piperidine rings is 1. The van der Waals surface area contributed by atoms with E-state index in [0.29, 0.717) is 37.0 Å². The molecule has 2 aliphatic rings. The molecule has 8 heteroatoms. The van der Waals surface area contributed by atoms with Crippen LogP contribution in [0, 0.1) is 11.8 Å². The summed E-state index contributed by atoms with van der Waals surface area (Å²) in [6.45, 7) is 7.53. The van der Waals surface area contributed by atoms with Gasteiger partial charge in [-0.05, 0) is 48.8 Å². The van der Waals surface area contributed by atoms with Crippen molar-refractivity contribution >= 4 is 5.91 Å². The van der Waals surface area contributed by atoms with E-state index in [1.54, 1.807) is 12.1 Å². The normalized spacial score (nSPS) is 25.7. The van der Waals surface area contributed by atoms with E-state index in [9.17, 15) is 18.0 Å². The number of nitrogens with zero attached hydrogens (tertiary/aromatic N) is 1. The Morgan fingerprint density at radius 1 is 1.15 bits per heavy atom. The van der Waals surface area contributed by atoms with Gasteiger partial charge >= 0.3 is 6.18 Å². The summed E-state index contributed by atoms with van der Waals surface area (Å²) in [5.41, 5.74) is 6.36. The molecule has 0 aromatic heterocycles. The van der Waals surface area contributed by atoms with Crippen LogP contribution in [0.25, 0.3) is 0 Å². The van der Waals surface area contributed by atoms with E-state index in [1.807, 2.05) is 12.1 Å². The minimum atomic E-state index is -4.42. The van der Waals surface area contributed by atoms with Crippen LogP contribution in [0.1, 0.15) is 69.1 Å². The number of benzene rings is 2. The Morgan fingerprint density at radius 3 is 2.51 bits per heavy atom. The molecule has 2 saturated heterocycles. The van der Waals surface area contributed by atoms with Crippen molar-refractivity contribution in [2.45, 2.75) is 76.6 Å². The number of rotatable bonds is 9. The highest BCUT2D eigenvalue weighted by molar-refractivity contribution is 5.82. The van der Waals surface area contributed by atoms with E-state index >= 15 is 0 Å². The van der Waals surface area contributed by atoms with Crippen molar-refractivity contribution in [3.05, 3.63) is 65.2 Å². The number of likely N-dealkylation sites (tertiary alicyclic amines) is 1. The van der Waals surface area contributed by atoms with Crippen molar-refractivity contribution < 1.29 is 33.8 Å². The van der Waals surface area contributed by atoms with E-state index in [4.69, 9.17) is 4.74 Å². The van der Waals surface area contributed by atoms with Gasteiger partial charge in [-0.3, -0.25) is 4.79 Å². The molecule has 1 amide bonds. The van der Waals surface area contributed by atoms with Crippen LogP contribution >= 0.6 is 0 Å². The molecule has 0 bridgehead atoms. The first-order valence-electron chi connectivity index (χ1n) is 14.4. The minimum absolute atomic E-state index is 0.171. The Hall–Kier alpha value is -2.58. The smallest absolute Gasteiger partial charge is 0.422 e. The number of nitrogens with two attached hydrogens (primary N) is 1. The van der Waals surface area contributed by atoms with Crippen LogP contribution in [0.3, 0.4) is 0 Å². The molecule has 4 rings (SSSR count). The first kappa shape index (κ1) is 29.4. The third kappa shape index (κ3) is 6.27. The number of hydrogen-bond donors (Lipinski definition) is 2. The summed E-state index contributed by atoms with van der Waals surface area (Å²) >= 11 is 0. The third-order valence-electron chi connectivity index (χ3n) is 9.22. The maximum atomic E-state index is 14.4. The van der Waals surface area contributed by atoms with Gasteiger partial charge in [0, 0.05) is 12.6 Å². The van der Waals surface area contributed by atoms with Crippen LogP contribution in [-0.2, 0) is 16.8 Å². The largest absolute Gasteiger partial charge is 0.484 e. The van der Waals surface area contributed by atoms with Gasteiger partial charge < -0.3 is 20.7 Å². The molecule has 0 spiro atoms. The molecule has 0 saturated carbocycles. The molecule has 0 unspecified atom stereocenters. The lowest BCUT2D eigenvalue weighted by Gasteiger charge is -2.45. The number of carbonyl (C=O) groups excluding carboxylic acids is 1. The van der Waals surface area contributed by atoms with Crippen molar-refractivity contribution in [2.75, 3.05) is 26.2 Å². The highest BCUT2D eigenvalue weighted by atomic mass is 19.4. The first-order chi connectivity index (χ1) is 18.6. The van der Waals surface area contributed by atoms with Gasteiger partial charge in [0.2, 0.25) is 5.91 Å². The van der Waals surface area contributed by atoms with Gasteiger partial charge in [-0.2, -0.15) is 13.2 Å². The summed E-state index contributed by atoms with van der Waals surface area (Å²) in [6.07, 6.45) is -0.492. The summed E-state index contributed by atoms with van der Waals surface area (Å²) < 4.78 is 44.0. The number of halogens is 3. The van der Waals surface area contributed by atoms with Gasteiger partial charge in [0.1, 0.15) is 18.2 Å². The molecule has 2 aromatic rings. The standard InChI is InChI=1S/C31H42F3N3O2/c1-4-21(5-2)27-16-23(22-10-7-6-8-11-22)14-15-37(27)29(38)26-18-36-19-30(26,3)25-12-9-13-28(24(25)17-35)39-20-31(32,33)34/h6-13,21,23,26-27,36H,4-5,14-20,35H2,1-3H3/p+2/t23-,26+,27+,30+/m1/s1. The highest BCUT2D eigenvalue weighted by Gasteiger charge is 2.52. The molecule has 0 aliphatic carbocycles. The zero-order valence-corrected chi connectivity index (χ0v) is 23.5. The summed E-state index contributed by atoms with van der Waals surface area (Å²) in [7, 11) is 0. The fraction of sp³-hybridized carbons (Fsp3) is 0.581. The van der Waals surface area contributed by atoms with Crippen molar-refractivity contribution in [1.82, 2.24) is 4.90 Å². The van der Waals surface area contributed by atoms with Gasteiger partial charge in [0.05, 0.1) is 24.1 Å². The zero-order chi connectivity index (χ0) is 28.2. The molecule has 214 valence electrons. The van der Waals surface area contributed by atoms with Crippen LogP contribution in [-0.4, -0.2) is 49.3 Å². The Labute approximate surface area is 230 Å². The van der Waals surface area contributed by atoms with Crippen LogP contribution in [0.15, 0.2) is 48.5 Å². The maximum Gasteiger partial charge on any atom is 0.422 e. The number of carbonyl (C=O) groups is 1. The minimum Gasteiger partial charge on any atom is -0.484 e. The SMILES string of the molecule is CCC(CC)[C@@H]1C[C@H](c2ccccc2)CCN1C(=O)[C@@H]1C[NH2+]C[C@@]1(C)c1cccc(OCC(F)(F)F)c1C[NH3+]. The highest BCUT2D eigenvalue weighted by Crippen LogP contribution is 2.42. The first-order valence-corrected chi connectivity index (χ1v) is 14.4. The molecule has 4 atom stereocenters. The summed E-state index contributed by atoms with van der Waals surface area (Å²) in [5, 5.41) is 2.17. The van der Waals surface area contributed by atoms with E-state index in [0.717, 1.165) is 37.8 Å². The van der Waals surface area contributed by atoms with Crippen LogP contribution in [0.4, 0.5) is 13.2 Å². The molecule has 2 aliphatic heterocycles. The quantitative estimate of drug-likeness (QED) is 0.498. The summed E-state index contributed by atoms with van der Waals surface area (Å²) in [6, 6.07) is 16.0. The Bertz CT molecular complexity index is 1110. The molecule has 5 nitrogen and oxygen atoms in total. The van der Waals surface area contributed by atoms with Gasteiger partial charge in [-0.25, -0.2) is 0 Å². The lowest BCUT2D eigenvalue weighted by molar-refractivity contribution is -0.640. The second kappa shape index (κ2) is 12.3. The van der Waals surface area contributed by atoms with E-state index in [-0.39, 0.29) is 23.6 Å². The molecule has 39 heavy (non-hydrogen) atoms. The van der Waals surface area contributed by atoms with E-state index in [1.165, 1.54) is 5.56 Å². The predicted molar refractivity (Wildman–Crippen MR) is 145 cm³/mol. The van der Waals surface area contributed by atoms with Crippen molar-refractivity contribution in [3.8, 4) is 5.75 Å². The van der Waals surface area contributed by atoms with Gasteiger partial charge in [-0.15, -0.1) is 0 Å². The van der Waals surface area contributed by atoms with Crippen LogP contribution in [0.2, 0.25) is 0 Å². The number of ether oxygens (including phenoxy) is 1. The average molecular weight is 548 g/mol. The van der Waals surface area contributed by atoms with E-state index < -0.39 is 18.2 Å². The monoisotopic (exact) mass is 547 g/mol.